The van der Waals surface area contributed by atoms with Gasteiger partial charge in [0.05, 0.1) is 17.6 Å². The Morgan fingerprint density at radius 2 is 1.88 bits per heavy atom. The summed E-state index contributed by atoms with van der Waals surface area (Å²) in [6.45, 7) is 3.70. The lowest BCUT2D eigenvalue weighted by Crippen LogP contribution is -2.19. The fourth-order valence-corrected chi connectivity index (χ4v) is 3.71. The quantitative estimate of drug-likeness (QED) is 0.424. The summed E-state index contributed by atoms with van der Waals surface area (Å²) in [6, 6.07) is 16.0. The molecule has 0 spiro atoms. The van der Waals surface area contributed by atoms with Crippen LogP contribution >= 0.6 is 11.6 Å². The number of halogens is 1. The first kappa shape index (κ1) is 20.7. The van der Waals surface area contributed by atoms with Crippen molar-refractivity contribution in [3.05, 3.63) is 93.0 Å². The zero-order valence-corrected chi connectivity index (χ0v) is 18.5. The molecule has 3 aromatic heterocycles. The molecule has 0 aliphatic carbocycles. The summed E-state index contributed by atoms with van der Waals surface area (Å²) in [7, 11) is 0. The van der Waals surface area contributed by atoms with E-state index >= 15 is 0 Å². The third-order valence-corrected chi connectivity index (χ3v) is 5.27. The fourth-order valence-electron chi connectivity index (χ4n) is 3.53. The maximum atomic E-state index is 12.8. The average Bonchev–Trinajstić information content (AvgIpc) is 3.37. The summed E-state index contributed by atoms with van der Waals surface area (Å²) in [5.41, 5.74) is 2.73. The van der Waals surface area contributed by atoms with Gasteiger partial charge in [0.2, 0.25) is 5.95 Å². The van der Waals surface area contributed by atoms with Crippen LogP contribution in [0.2, 0.25) is 5.02 Å². The van der Waals surface area contributed by atoms with Crippen molar-refractivity contribution in [2.24, 2.45) is 0 Å². The standard InChI is InChI=1S/C23H18ClN7O2/c1-13-5-3-6-15(9-13)21(32)26-19-10-14(2)29-31(19)23-27-20-18(22(33)28-23)12-25-30(20)17-8-4-7-16(24)11-17/h3-12H,1-2H3,(H,26,32)(H,27,28,33). The van der Waals surface area contributed by atoms with Crippen LogP contribution in [0.15, 0.2) is 65.6 Å². The highest BCUT2D eigenvalue weighted by atomic mass is 35.5. The number of nitrogens with zero attached hydrogens (tertiary/aromatic N) is 5. The van der Waals surface area contributed by atoms with Gasteiger partial charge in [0.1, 0.15) is 11.2 Å². The minimum atomic E-state index is -0.382. The second kappa shape index (κ2) is 8.03. The molecule has 2 N–H and O–H groups in total. The first-order valence-corrected chi connectivity index (χ1v) is 10.5. The van der Waals surface area contributed by atoms with Gasteiger partial charge < -0.3 is 5.32 Å². The highest BCUT2D eigenvalue weighted by molar-refractivity contribution is 6.30. The third-order valence-electron chi connectivity index (χ3n) is 5.03. The van der Waals surface area contributed by atoms with E-state index in [-0.39, 0.29) is 17.4 Å². The van der Waals surface area contributed by atoms with Gasteiger partial charge in [0.15, 0.2) is 5.65 Å². The van der Waals surface area contributed by atoms with Gasteiger partial charge in [-0.05, 0) is 44.2 Å². The number of hydrogen-bond acceptors (Lipinski definition) is 5. The maximum absolute atomic E-state index is 12.8. The van der Waals surface area contributed by atoms with Gasteiger partial charge in [-0.3, -0.25) is 14.6 Å². The summed E-state index contributed by atoms with van der Waals surface area (Å²) in [5, 5.41) is 12.4. The minimum absolute atomic E-state index is 0.143. The number of nitrogens with one attached hydrogen (secondary N) is 2. The molecule has 0 radical (unpaired) electrons. The fraction of sp³-hybridized carbons (Fsp3) is 0.0870. The van der Waals surface area contributed by atoms with Crippen molar-refractivity contribution in [3.63, 3.8) is 0 Å². The normalized spacial score (nSPS) is 11.1. The lowest BCUT2D eigenvalue weighted by molar-refractivity contribution is 0.102. The van der Waals surface area contributed by atoms with Gasteiger partial charge >= 0.3 is 0 Å². The molecule has 0 saturated heterocycles. The van der Waals surface area contributed by atoms with Crippen molar-refractivity contribution in [3.8, 4) is 11.6 Å². The number of aryl methyl sites for hydroxylation is 2. The molecular formula is C23H18ClN7O2. The zero-order valence-electron chi connectivity index (χ0n) is 17.7. The van der Waals surface area contributed by atoms with Gasteiger partial charge in [-0.15, -0.1) is 0 Å². The lowest BCUT2D eigenvalue weighted by atomic mass is 10.1. The predicted octanol–water partition coefficient (Wildman–Crippen LogP) is 3.82. The van der Waals surface area contributed by atoms with E-state index in [4.69, 9.17) is 11.6 Å². The summed E-state index contributed by atoms with van der Waals surface area (Å²) in [6.07, 6.45) is 1.45. The van der Waals surface area contributed by atoms with Crippen LogP contribution in [0.5, 0.6) is 0 Å². The second-order valence-corrected chi connectivity index (χ2v) is 8.01. The molecule has 0 atom stereocenters. The lowest BCUT2D eigenvalue weighted by Gasteiger charge is -2.09. The number of fused-ring (bicyclic) bond motifs is 1. The molecule has 33 heavy (non-hydrogen) atoms. The number of anilines is 1. The Hall–Kier alpha value is -4.24. The summed E-state index contributed by atoms with van der Waals surface area (Å²) in [4.78, 5) is 32.9. The van der Waals surface area contributed by atoms with Crippen LogP contribution in [-0.2, 0) is 0 Å². The molecule has 3 heterocycles. The molecule has 2 aromatic carbocycles. The smallest absolute Gasteiger partial charge is 0.263 e. The largest absolute Gasteiger partial charge is 0.306 e. The van der Waals surface area contributed by atoms with Gasteiger partial charge in [0, 0.05) is 16.7 Å². The van der Waals surface area contributed by atoms with Crippen LogP contribution in [0.4, 0.5) is 5.82 Å². The SMILES string of the molecule is Cc1cccc(C(=O)Nc2cc(C)nn2-c2nc3c(cnn3-c3cccc(Cl)c3)c(=O)[nH]2)c1. The van der Waals surface area contributed by atoms with E-state index < -0.39 is 0 Å². The Bertz CT molecular complexity index is 1580. The van der Waals surface area contributed by atoms with Crippen molar-refractivity contribution >= 4 is 34.4 Å². The Morgan fingerprint density at radius 3 is 2.67 bits per heavy atom. The number of benzene rings is 2. The zero-order chi connectivity index (χ0) is 23.1. The highest BCUT2D eigenvalue weighted by Gasteiger charge is 2.17. The number of aromatic amines is 1. The maximum Gasteiger partial charge on any atom is 0.263 e. The molecule has 164 valence electrons. The number of carbonyl (C=O) groups is 1. The van der Waals surface area contributed by atoms with Gasteiger partial charge in [0.25, 0.3) is 11.5 Å². The number of amides is 1. The van der Waals surface area contributed by atoms with E-state index in [2.05, 4.69) is 25.5 Å². The second-order valence-electron chi connectivity index (χ2n) is 7.57. The molecular weight excluding hydrogens is 442 g/mol. The molecule has 5 aromatic rings. The highest BCUT2D eigenvalue weighted by Crippen LogP contribution is 2.20. The van der Waals surface area contributed by atoms with Crippen LogP contribution in [0.3, 0.4) is 0 Å². The Morgan fingerprint density at radius 1 is 1.06 bits per heavy atom. The molecule has 0 bridgehead atoms. The number of H-pyrrole nitrogens is 1. The Balaban J connectivity index is 1.59. The first-order chi connectivity index (χ1) is 15.9. The summed E-state index contributed by atoms with van der Waals surface area (Å²) in [5.74, 6) is 0.214. The topological polar surface area (TPSA) is 110 Å². The molecule has 0 aliphatic rings. The first-order valence-electron chi connectivity index (χ1n) is 10.1. The Labute approximate surface area is 192 Å². The van der Waals surface area contributed by atoms with Crippen molar-refractivity contribution in [1.82, 2.24) is 29.5 Å². The Kier molecular flexibility index (Phi) is 5.02. The number of rotatable bonds is 4. The third kappa shape index (κ3) is 3.90. The van der Waals surface area contributed by atoms with E-state index in [1.54, 1.807) is 43.3 Å². The van der Waals surface area contributed by atoms with Crippen LogP contribution in [0.1, 0.15) is 21.6 Å². The predicted molar refractivity (Wildman–Crippen MR) is 125 cm³/mol. The molecule has 5 rings (SSSR count). The minimum Gasteiger partial charge on any atom is -0.306 e. The van der Waals surface area contributed by atoms with Crippen LogP contribution in [0, 0.1) is 13.8 Å². The van der Waals surface area contributed by atoms with E-state index in [1.807, 2.05) is 25.1 Å². The van der Waals surface area contributed by atoms with E-state index in [0.717, 1.165) is 5.56 Å². The number of aromatic nitrogens is 6. The van der Waals surface area contributed by atoms with Gasteiger partial charge in [-0.2, -0.15) is 19.9 Å². The molecule has 0 aliphatic heterocycles. The monoisotopic (exact) mass is 459 g/mol. The van der Waals surface area contributed by atoms with Crippen LogP contribution < -0.4 is 10.9 Å². The number of hydrogen-bond donors (Lipinski definition) is 2. The molecule has 0 fully saturated rings. The molecule has 0 saturated carbocycles. The van der Waals surface area contributed by atoms with Gasteiger partial charge in [-0.25, -0.2) is 4.68 Å². The number of carbonyl (C=O) groups excluding carboxylic acids is 1. The van der Waals surface area contributed by atoms with Crippen molar-refractivity contribution < 1.29 is 4.79 Å². The van der Waals surface area contributed by atoms with Crippen molar-refractivity contribution in [2.45, 2.75) is 13.8 Å². The average molecular weight is 460 g/mol. The summed E-state index contributed by atoms with van der Waals surface area (Å²) >= 11 is 6.12. The van der Waals surface area contributed by atoms with Gasteiger partial charge in [-0.1, -0.05) is 35.4 Å². The van der Waals surface area contributed by atoms with E-state index in [0.29, 0.717) is 38.8 Å². The van der Waals surface area contributed by atoms with E-state index in [1.165, 1.54) is 15.6 Å². The molecule has 0 unspecified atom stereocenters. The molecule has 1 amide bonds. The molecule has 9 nitrogen and oxygen atoms in total. The molecule has 10 heteroatoms. The summed E-state index contributed by atoms with van der Waals surface area (Å²) < 4.78 is 2.92. The van der Waals surface area contributed by atoms with Crippen LogP contribution in [0.25, 0.3) is 22.7 Å². The van der Waals surface area contributed by atoms with E-state index in [9.17, 15) is 9.59 Å². The van der Waals surface area contributed by atoms with Crippen molar-refractivity contribution in [2.75, 3.05) is 5.32 Å². The van der Waals surface area contributed by atoms with Crippen LogP contribution in [-0.4, -0.2) is 35.4 Å². The van der Waals surface area contributed by atoms with Crippen molar-refractivity contribution in [1.29, 1.82) is 0 Å².